The predicted molar refractivity (Wildman–Crippen MR) is 127 cm³/mol. The third-order valence-electron chi connectivity index (χ3n) is 5.09. The van der Waals surface area contributed by atoms with Gasteiger partial charge in [-0.2, -0.15) is 0 Å². The first-order valence-corrected chi connectivity index (χ1v) is 11.8. The largest absolute Gasteiger partial charge is 0.508 e. The first kappa shape index (κ1) is 29.9. The summed E-state index contributed by atoms with van der Waals surface area (Å²) in [4.78, 5) is 47.7. The highest BCUT2D eigenvalue weighted by molar-refractivity contribution is 5.77. The van der Waals surface area contributed by atoms with Crippen LogP contribution >= 0.6 is 0 Å². The molecule has 0 bridgehead atoms. The lowest BCUT2D eigenvalue weighted by atomic mass is 10.0. The van der Waals surface area contributed by atoms with Gasteiger partial charge in [-0.1, -0.05) is 40.2 Å². The van der Waals surface area contributed by atoms with Gasteiger partial charge in [-0.05, 0) is 37.0 Å². The number of hydrogen-bond donors (Lipinski definition) is 1. The molecule has 0 radical (unpaired) electrons. The van der Waals surface area contributed by atoms with Gasteiger partial charge in [0, 0.05) is 19.4 Å². The third-order valence-corrected chi connectivity index (χ3v) is 5.09. The lowest BCUT2D eigenvalue weighted by molar-refractivity contribution is -0.143. The Morgan fingerprint density at radius 3 is 2.14 bits per heavy atom. The van der Waals surface area contributed by atoms with Gasteiger partial charge in [0.1, 0.15) is 12.1 Å². The Kier molecular flexibility index (Phi) is 13.4. The number of ether oxygens (including phenoxy) is 5. The van der Waals surface area contributed by atoms with Crippen molar-refractivity contribution in [1.29, 1.82) is 0 Å². The van der Waals surface area contributed by atoms with E-state index in [1.807, 2.05) is 13.8 Å². The van der Waals surface area contributed by atoms with Crippen LogP contribution in [0, 0.1) is 5.92 Å². The molecule has 0 fully saturated rings. The second kappa shape index (κ2) is 15.7. The number of hydrogen-bond acceptors (Lipinski definition) is 10. The number of benzene rings is 1. The van der Waals surface area contributed by atoms with Crippen LogP contribution in [0.2, 0.25) is 0 Å². The quantitative estimate of drug-likeness (QED) is 0.302. The Morgan fingerprint density at radius 1 is 0.943 bits per heavy atom. The maximum atomic E-state index is 12.4. The van der Waals surface area contributed by atoms with Crippen molar-refractivity contribution in [3.63, 3.8) is 0 Å². The number of carbonyl (C=O) groups is 4. The molecule has 0 spiro atoms. The van der Waals surface area contributed by atoms with Gasteiger partial charge < -0.3 is 29.0 Å². The normalized spacial score (nSPS) is 13.2. The van der Waals surface area contributed by atoms with E-state index in [9.17, 15) is 19.2 Å². The summed E-state index contributed by atoms with van der Waals surface area (Å²) in [6.07, 6.45) is 0.0126. The van der Waals surface area contributed by atoms with Gasteiger partial charge in [-0.3, -0.25) is 14.4 Å². The van der Waals surface area contributed by atoms with Crippen LogP contribution in [0.4, 0.5) is 4.79 Å². The van der Waals surface area contributed by atoms with Crippen LogP contribution in [0.5, 0.6) is 11.5 Å². The number of esters is 3. The SMILES string of the molecule is CCC(=O)Oc1ccc(C[C@H](NCC(C)OC(=O)OCC(C)CC)C(=O)OC)cc1OC(=O)CC. The van der Waals surface area contributed by atoms with E-state index in [0.717, 1.165) is 6.42 Å². The molecule has 35 heavy (non-hydrogen) atoms. The highest BCUT2D eigenvalue weighted by atomic mass is 16.7. The fourth-order valence-electron chi connectivity index (χ4n) is 2.73. The zero-order valence-electron chi connectivity index (χ0n) is 21.4. The second-order valence-corrected chi connectivity index (χ2v) is 8.13. The summed E-state index contributed by atoms with van der Waals surface area (Å²) in [5.41, 5.74) is 0.629. The molecule has 10 nitrogen and oxygen atoms in total. The molecule has 3 atom stereocenters. The van der Waals surface area contributed by atoms with Crippen LogP contribution < -0.4 is 14.8 Å². The molecule has 1 rings (SSSR count). The van der Waals surface area contributed by atoms with E-state index in [4.69, 9.17) is 23.7 Å². The van der Waals surface area contributed by atoms with Crippen molar-refractivity contribution < 1.29 is 42.9 Å². The average Bonchev–Trinajstić information content (AvgIpc) is 2.85. The van der Waals surface area contributed by atoms with Crippen LogP contribution in [0.3, 0.4) is 0 Å². The van der Waals surface area contributed by atoms with E-state index in [1.165, 1.54) is 19.2 Å². The lowest BCUT2D eigenvalue weighted by Crippen LogP contribution is -2.43. The number of carbonyl (C=O) groups excluding carboxylic acids is 4. The summed E-state index contributed by atoms with van der Waals surface area (Å²) in [6.45, 7) is 9.37. The maximum Gasteiger partial charge on any atom is 0.508 e. The molecule has 2 unspecified atom stereocenters. The van der Waals surface area contributed by atoms with E-state index in [0.29, 0.717) is 5.56 Å². The molecular formula is C25H37NO9. The summed E-state index contributed by atoms with van der Waals surface area (Å²) in [7, 11) is 1.27. The van der Waals surface area contributed by atoms with E-state index >= 15 is 0 Å². The second-order valence-electron chi connectivity index (χ2n) is 8.13. The molecule has 196 valence electrons. The van der Waals surface area contributed by atoms with Gasteiger partial charge in [-0.25, -0.2) is 4.79 Å². The zero-order valence-corrected chi connectivity index (χ0v) is 21.4. The molecule has 0 saturated carbocycles. The standard InChI is InChI=1S/C25H37NO9/c1-7-16(4)15-32-25(30)33-17(5)14-26-19(24(29)31-6)12-18-10-11-20(34-22(27)8-2)21(13-18)35-23(28)9-3/h10-11,13,16-17,19,26H,7-9,12,14-15H2,1-6H3/t16?,17?,19-/m0/s1. The Bertz CT molecular complexity index is 855. The van der Waals surface area contributed by atoms with Gasteiger partial charge in [0.05, 0.1) is 13.7 Å². The van der Waals surface area contributed by atoms with Crippen LogP contribution in [-0.4, -0.2) is 56.5 Å². The number of rotatable bonds is 14. The van der Waals surface area contributed by atoms with Crippen molar-refractivity contribution in [3.8, 4) is 11.5 Å². The van der Waals surface area contributed by atoms with Gasteiger partial charge >= 0.3 is 24.1 Å². The van der Waals surface area contributed by atoms with Crippen molar-refractivity contribution in [1.82, 2.24) is 5.32 Å². The third kappa shape index (κ3) is 11.2. The fraction of sp³-hybridized carbons (Fsp3) is 0.600. The lowest BCUT2D eigenvalue weighted by Gasteiger charge is -2.20. The smallest absolute Gasteiger partial charge is 0.468 e. The molecule has 10 heteroatoms. The van der Waals surface area contributed by atoms with E-state index < -0.39 is 36.2 Å². The Morgan fingerprint density at radius 2 is 1.57 bits per heavy atom. The van der Waals surface area contributed by atoms with Crippen LogP contribution in [0.1, 0.15) is 59.4 Å². The zero-order chi connectivity index (χ0) is 26.4. The molecule has 0 aromatic heterocycles. The average molecular weight is 496 g/mol. The minimum Gasteiger partial charge on any atom is -0.468 e. The van der Waals surface area contributed by atoms with Crippen molar-refractivity contribution >= 4 is 24.1 Å². The fourth-order valence-corrected chi connectivity index (χ4v) is 2.73. The predicted octanol–water partition coefficient (Wildman–Crippen LogP) is 3.58. The molecule has 1 aromatic rings. The van der Waals surface area contributed by atoms with Crippen molar-refractivity contribution in [2.45, 2.75) is 72.4 Å². The first-order valence-electron chi connectivity index (χ1n) is 11.8. The highest BCUT2D eigenvalue weighted by Crippen LogP contribution is 2.30. The number of methoxy groups -OCH3 is 1. The van der Waals surface area contributed by atoms with Gasteiger partial charge in [-0.15, -0.1) is 0 Å². The summed E-state index contributed by atoms with van der Waals surface area (Å²) >= 11 is 0. The minimum absolute atomic E-state index is 0.0838. The van der Waals surface area contributed by atoms with E-state index in [2.05, 4.69) is 5.32 Å². The minimum atomic E-state index is -0.777. The van der Waals surface area contributed by atoms with Gasteiger partial charge in [0.2, 0.25) is 0 Å². The van der Waals surface area contributed by atoms with E-state index in [-0.39, 0.29) is 49.8 Å². The summed E-state index contributed by atoms with van der Waals surface area (Å²) in [6, 6.07) is 3.93. The van der Waals surface area contributed by atoms with Gasteiger partial charge in [0.15, 0.2) is 11.5 Å². The molecule has 0 aliphatic heterocycles. The van der Waals surface area contributed by atoms with Crippen molar-refractivity contribution in [2.75, 3.05) is 20.3 Å². The Labute approximate surface area is 206 Å². The molecular weight excluding hydrogens is 458 g/mol. The summed E-state index contributed by atoms with van der Waals surface area (Å²) in [5.74, 6) is -1.06. The van der Waals surface area contributed by atoms with Crippen LogP contribution in [0.15, 0.2) is 18.2 Å². The molecule has 0 aliphatic rings. The molecule has 0 heterocycles. The number of nitrogens with one attached hydrogen (secondary N) is 1. The van der Waals surface area contributed by atoms with Crippen LogP contribution in [0.25, 0.3) is 0 Å². The highest BCUT2D eigenvalue weighted by Gasteiger charge is 2.23. The Balaban J connectivity index is 2.87. The van der Waals surface area contributed by atoms with E-state index in [1.54, 1.807) is 26.8 Å². The molecule has 0 saturated heterocycles. The molecule has 1 aromatic carbocycles. The van der Waals surface area contributed by atoms with Gasteiger partial charge in [0.25, 0.3) is 0 Å². The molecule has 1 N–H and O–H groups in total. The molecule has 0 amide bonds. The first-order chi connectivity index (χ1) is 16.6. The van der Waals surface area contributed by atoms with Crippen molar-refractivity contribution in [3.05, 3.63) is 23.8 Å². The van der Waals surface area contributed by atoms with Crippen molar-refractivity contribution in [2.24, 2.45) is 5.92 Å². The molecule has 0 aliphatic carbocycles. The van der Waals surface area contributed by atoms with Crippen LogP contribution in [-0.2, 0) is 35.0 Å². The Hall–Kier alpha value is -3.14. The summed E-state index contributed by atoms with van der Waals surface area (Å²) in [5, 5.41) is 3.03. The monoisotopic (exact) mass is 495 g/mol. The topological polar surface area (TPSA) is 126 Å². The maximum absolute atomic E-state index is 12.4. The summed E-state index contributed by atoms with van der Waals surface area (Å²) < 4.78 is 25.7.